The Morgan fingerprint density at radius 1 is 0.590 bits per heavy atom. The van der Waals surface area contributed by atoms with Crippen LogP contribution in [-0.4, -0.2) is 34.9 Å². The Morgan fingerprint density at radius 2 is 1.00 bits per heavy atom. The molecule has 1 amide bonds. The monoisotopic (exact) mass is 550 g/mol. The van der Waals surface area contributed by atoms with Crippen LogP contribution in [0.3, 0.4) is 0 Å². The van der Waals surface area contributed by atoms with Crippen molar-refractivity contribution in [2.45, 2.75) is 187 Å². The van der Waals surface area contributed by atoms with E-state index in [0.717, 1.165) is 32.1 Å². The molecule has 0 aromatic heterocycles. The molecular weight excluding hydrogens is 482 g/mol. The molecule has 0 saturated heterocycles. The maximum Gasteiger partial charge on any atom is 0.220 e. The van der Waals surface area contributed by atoms with E-state index >= 15 is 0 Å². The zero-order valence-corrected chi connectivity index (χ0v) is 26.2. The molecule has 230 valence electrons. The molecule has 0 aliphatic rings. The van der Waals surface area contributed by atoms with Gasteiger partial charge in [0.15, 0.2) is 0 Å². The molecule has 4 nitrogen and oxygen atoms in total. The smallest absolute Gasteiger partial charge is 0.220 e. The highest BCUT2D eigenvalue weighted by Gasteiger charge is 2.17. The maximum atomic E-state index is 12.1. The first-order chi connectivity index (χ1) is 19.2. The highest BCUT2D eigenvalue weighted by atomic mass is 16.3. The number of carbonyl (C=O) groups is 1. The van der Waals surface area contributed by atoms with E-state index in [1.165, 1.54) is 122 Å². The third kappa shape index (κ3) is 28.2. The van der Waals surface area contributed by atoms with E-state index in [2.05, 4.69) is 31.3 Å². The molecule has 3 N–H and O–H groups in total. The molecule has 0 saturated carbocycles. The van der Waals surface area contributed by atoms with Crippen molar-refractivity contribution in [1.29, 1.82) is 0 Å². The van der Waals surface area contributed by atoms with E-state index in [9.17, 15) is 15.0 Å². The number of aliphatic hydroxyl groups is 2. The first kappa shape index (κ1) is 37.9. The minimum absolute atomic E-state index is 0.0845. The number of amides is 1. The number of rotatable bonds is 30. The van der Waals surface area contributed by atoms with Crippen LogP contribution in [0.15, 0.2) is 24.3 Å². The first-order valence-electron chi connectivity index (χ1n) is 17.1. The Morgan fingerprint density at radius 3 is 1.49 bits per heavy atom. The summed E-state index contributed by atoms with van der Waals surface area (Å²) in [6, 6.07) is -0.630. The number of nitrogens with one attached hydrogen (secondary N) is 1. The lowest BCUT2D eigenvalue weighted by Gasteiger charge is -2.19. The molecule has 0 heterocycles. The van der Waals surface area contributed by atoms with Gasteiger partial charge in [0.05, 0.1) is 18.8 Å². The van der Waals surface area contributed by atoms with Crippen molar-refractivity contribution in [2.24, 2.45) is 0 Å². The highest BCUT2D eigenvalue weighted by Crippen LogP contribution is 2.14. The van der Waals surface area contributed by atoms with E-state index in [0.29, 0.717) is 6.42 Å². The second-order valence-corrected chi connectivity index (χ2v) is 11.6. The standard InChI is InChI=1S/C35H67NO3/c1-3-5-7-9-11-12-13-14-15-16-17-18-19-20-21-22-23-24-25-26-28-30-34(38)33(32-37)36-35(39)31-29-27-10-8-6-4-2/h23-24,28,30,33-34,37-38H,3-22,25-27,29,31-32H2,1-2H3,(H,36,39)/b24-23+,30-28+. The minimum Gasteiger partial charge on any atom is -0.394 e. The quantitative estimate of drug-likeness (QED) is 0.0617. The van der Waals surface area contributed by atoms with Gasteiger partial charge in [0, 0.05) is 6.42 Å². The molecule has 0 fully saturated rings. The minimum atomic E-state index is -0.854. The summed E-state index contributed by atoms with van der Waals surface area (Å²) in [6.07, 6.45) is 38.6. The van der Waals surface area contributed by atoms with Gasteiger partial charge in [-0.1, -0.05) is 160 Å². The molecule has 0 aromatic rings. The SMILES string of the molecule is CCCCCCCCCCCCCCCCC/C=C/CC/C=C/C(O)C(CO)NC(=O)CCCCCCCC. The lowest BCUT2D eigenvalue weighted by Crippen LogP contribution is -2.45. The van der Waals surface area contributed by atoms with Crippen LogP contribution in [0, 0.1) is 0 Å². The van der Waals surface area contributed by atoms with Crippen LogP contribution in [0.1, 0.15) is 174 Å². The van der Waals surface area contributed by atoms with E-state index in [1.54, 1.807) is 6.08 Å². The first-order valence-corrected chi connectivity index (χ1v) is 17.1. The Hall–Kier alpha value is -1.13. The summed E-state index contributed by atoms with van der Waals surface area (Å²) >= 11 is 0. The molecule has 2 atom stereocenters. The van der Waals surface area contributed by atoms with E-state index in [-0.39, 0.29) is 12.5 Å². The summed E-state index contributed by atoms with van der Waals surface area (Å²) in [4.78, 5) is 12.1. The van der Waals surface area contributed by atoms with Gasteiger partial charge in [-0.2, -0.15) is 0 Å². The van der Waals surface area contributed by atoms with Crippen LogP contribution in [0.4, 0.5) is 0 Å². The predicted molar refractivity (Wildman–Crippen MR) is 170 cm³/mol. The summed E-state index contributed by atoms with van der Waals surface area (Å²) in [5.41, 5.74) is 0. The van der Waals surface area contributed by atoms with Crippen LogP contribution < -0.4 is 5.32 Å². The number of hydrogen-bond donors (Lipinski definition) is 3. The molecule has 0 bridgehead atoms. The Labute approximate surface area is 243 Å². The largest absolute Gasteiger partial charge is 0.394 e. The number of aliphatic hydroxyl groups excluding tert-OH is 2. The van der Waals surface area contributed by atoms with E-state index in [4.69, 9.17) is 0 Å². The molecule has 0 spiro atoms. The van der Waals surface area contributed by atoms with E-state index < -0.39 is 12.1 Å². The highest BCUT2D eigenvalue weighted by molar-refractivity contribution is 5.76. The van der Waals surface area contributed by atoms with Gasteiger partial charge in [0.25, 0.3) is 0 Å². The summed E-state index contributed by atoms with van der Waals surface area (Å²) in [7, 11) is 0. The Kier molecular flexibility index (Phi) is 30.5. The number of allylic oxidation sites excluding steroid dienone is 3. The second-order valence-electron chi connectivity index (χ2n) is 11.6. The zero-order chi connectivity index (χ0) is 28.7. The Bertz CT molecular complexity index is 560. The number of unbranched alkanes of at least 4 members (excludes halogenated alkanes) is 21. The second kappa shape index (κ2) is 31.4. The van der Waals surface area contributed by atoms with Crippen LogP contribution in [0.25, 0.3) is 0 Å². The zero-order valence-electron chi connectivity index (χ0n) is 26.2. The third-order valence-corrected chi connectivity index (χ3v) is 7.69. The van der Waals surface area contributed by atoms with Crippen LogP contribution in [0.2, 0.25) is 0 Å². The summed E-state index contributed by atoms with van der Waals surface area (Å²) in [6.45, 7) is 4.22. The van der Waals surface area contributed by atoms with Crippen molar-refractivity contribution in [2.75, 3.05) is 6.61 Å². The molecular formula is C35H67NO3. The van der Waals surface area contributed by atoms with Crippen molar-refractivity contribution in [3.63, 3.8) is 0 Å². The van der Waals surface area contributed by atoms with Crippen LogP contribution >= 0.6 is 0 Å². The third-order valence-electron chi connectivity index (χ3n) is 7.69. The van der Waals surface area contributed by atoms with Gasteiger partial charge in [-0.15, -0.1) is 0 Å². The van der Waals surface area contributed by atoms with Crippen molar-refractivity contribution in [1.82, 2.24) is 5.32 Å². The van der Waals surface area contributed by atoms with Gasteiger partial charge in [-0.3, -0.25) is 4.79 Å². The molecule has 0 rings (SSSR count). The van der Waals surface area contributed by atoms with Gasteiger partial charge in [0.2, 0.25) is 5.91 Å². The van der Waals surface area contributed by atoms with Gasteiger partial charge in [-0.25, -0.2) is 0 Å². The normalized spacial score (nSPS) is 13.4. The summed E-state index contributed by atoms with van der Waals surface area (Å²) in [5.74, 6) is -0.0845. The van der Waals surface area contributed by atoms with Gasteiger partial charge in [0.1, 0.15) is 0 Å². The predicted octanol–water partition coefficient (Wildman–Crippen LogP) is 9.73. The lowest BCUT2D eigenvalue weighted by atomic mass is 10.0. The lowest BCUT2D eigenvalue weighted by molar-refractivity contribution is -0.123. The number of carbonyl (C=O) groups excluding carboxylic acids is 1. The van der Waals surface area contributed by atoms with Crippen LogP contribution in [-0.2, 0) is 4.79 Å². The summed E-state index contributed by atoms with van der Waals surface area (Å²) in [5, 5.41) is 22.6. The fourth-order valence-electron chi connectivity index (χ4n) is 5.02. The molecule has 0 aliphatic carbocycles. The molecule has 0 aromatic carbocycles. The number of hydrogen-bond acceptors (Lipinski definition) is 3. The fraction of sp³-hybridized carbons (Fsp3) is 0.857. The molecule has 4 heteroatoms. The molecule has 0 radical (unpaired) electrons. The summed E-state index contributed by atoms with van der Waals surface area (Å²) < 4.78 is 0. The average Bonchev–Trinajstić information content (AvgIpc) is 2.94. The van der Waals surface area contributed by atoms with Crippen molar-refractivity contribution in [3.05, 3.63) is 24.3 Å². The molecule has 2 unspecified atom stereocenters. The maximum absolute atomic E-state index is 12.1. The van der Waals surface area contributed by atoms with E-state index in [1.807, 2.05) is 6.08 Å². The molecule has 39 heavy (non-hydrogen) atoms. The van der Waals surface area contributed by atoms with Crippen LogP contribution in [0.5, 0.6) is 0 Å². The van der Waals surface area contributed by atoms with Gasteiger partial charge < -0.3 is 15.5 Å². The van der Waals surface area contributed by atoms with Gasteiger partial charge in [-0.05, 0) is 32.1 Å². The topological polar surface area (TPSA) is 69.6 Å². The van der Waals surface area contributed by atoms with Crippen molar-refractivity contribution < 1.29 is 15.0 Å². The van der Waals surface area contributed by atoms with Crippen molar-refractivity contribution in [3.8, 4) is 0 Å². The molecule has 0 aliphatic heterocycles. The fourth-order valence-corrected chi connectivity index (χ4v) is 5.02. The van der Waals surface area contributed by atoms with Gasteiger partial charge >= 0.3 is 0 Å². The Balaban J connectivity index is 3.59. The van der Waals surface area contributed by atoms with Crippen molar-refractivity contribution >= 4 is 5.91 Å². The average molecular weight is 550 g/mol.